The third-order valence-corrected chi connectivity index (χ3v) is 6.00. The van der Waals surface area contributed by atoms with Crippen LogP contribution >= 0.6 is 11.3 Å². The van der Waals surface area contributed by atoms with Gasteiger partial charge in [-0.2, -0.15) is 0 Å². The van der Waals surface area contributed by atoms with Crippen LogP contribution in [-0.2, 0) is 17.8 Å². The van der Waals surface area contributed by atoms with Crippen molar-refractivity contribution in [3.05, 3.63) is 58.0 Å². The Morgan fingerprint density at radius 1 is 1.20 bits per heavy atom. The summed E-state index contributed by atoms with van der Waals surface area (Å²) in [5.74, 6) is 0.575. The SMILES string of the molecule is CN(C)C(=O)CN=C(NCCc1cccs1)N1CCN(Cc2cccc(F)c2)CC1. The molecule has 1 amide bonds. The Morgan fingerprint density at radius 3 is 2.67 bits per heavy atom. The van der Waals surface area contributed by atoms with Crippen LogP contribution in [0.4, 0.5) is 4.39 Å². The molecule has 8 heteroatoms. The molecule has 1 aliphatic heterocycles. The summed E-state index contributed by atoms with van der Waals surface area (Å²) in [5.41, 5.74) is 0.989. The van der Waals surface area contributed by atoms with Gasteiger partial charge >= 0.3 is 0 Å². The molecule has 30 heavy (non-hydrogen) atoms. The van der Waals surface area contributed by atoms with Gasteiger partial charge in [0, 0.05) is 58.2 Å². The van der Waals surface area contributed by atoms with Crippen molar-refractivity contribution < 1.29 is 9.18 Å². The molecule has 1 saturated heterocycles. The first kappa shape index (κ1) is 22.2. The first-order valence-electron chi connectivity index (χ1n) is 10.2. The summed E-state index contributed by atoms with van der Waals surface area (Å²) in [6, 6.07) is 11.0. The molecule has 6 nitrogen and oxygen atoms in total. The fraction of sp³-hybridized carbons (Fsp3) is 0.455. The number of amides is 1. The van der Waals surface area contributed by atoms with E-state index in [4.69, 9.17) is 0 Å². The number of aliphatic imine (C=N–C) groups is 1. The monoisotopic (exact) mass is 431 g/mol. The zero-order valence-electron chi connectivity index (χ0n) is 17.7. The third kappa shape index (κ3) is 6.81. The van der Waals surface area contributed by atoms with Crippen LogP contribution < -0.4 is 5.32 Å². The highest BCUT2D eigenvalue weighted by atomic mass is 32.1. The van der Waals surface area contributed by atoms with Crippen LogP contribution in [0.25, 0.3) is 0 Å². The summed E-state index contributed by atoms with van der Waals surface area (Å²) >= 11 is 1.75. The molecule has 1 N–H and O–H groups in total. The lowest BCUT2D eigenvalue weighted by atomic mass is 10.2. The fourth-order valence-corrected chi connectivity index (χ4v) is 4.02. The van der Waals surface area contributed by atoms with E-state index in [1.54, 1.807) is 42.5 Å². The van der Waals surface area contributed by atoms with Crippen LogP contribution in [-0.4, -0.2) is 79.9 Å². The molecule has 0 unspecified atom stereocenters. The van der Waals surface area contributed by atoms with E-state index in [1.165, 1.54) is 10.9 Å². The number of benzene rings is 1. The Morgan fingerprint density at radius 2 is 2.00 bits per heavy atom. The number of guanidine groups is 1. The number of nitrogens with zero attached hydrogens (tertiary/aromatic N) is 4. The number of hydrogen-bond donors (Lipinski definition) is 1. The predicted molar refractivity (Wildman–Crippen MR) is 120 cm³/mol. The van der Waals surface area contributed by atoms with Crippen molar-refractivity contribution in [2.45, 2.75) is 13.0 Å². The molecule has 2 heterocycles. The number of thiophene rings is 1. The standard InChI is InChI=1S/C22H30FN5OS/c1-26(2)21(29)16-25-22(24-9-8-20-7-4-14-30-20)28-12-10-27(11-13-28)17-18-5-3-6-19(23)15-18/h3-7,14-15H,8-13,16-17H2,1-2H3,(H,24,25). The average Bonchev–Trinajstić information content (AvgIpc) is 3.24. The minimum absolute atomic E-state index is 0.0164. The topological polar surface area (TPSA) is 51.2 Å². The Balaban J connectivity index is 1.55. The molecule has 1 aromatic heterocycles. The Bertz CT molecular complexity index is 832. The minimum atomic E-state index is -0.193. The van der Waals surface area contributed by atoms with Gasteiger partial charge < -0.3 is 15.1 Å². The number of hydrogen-bond acceptors (Lipinski definition) is 4. The number of halogens is 1. The highest BCUT2D eigenvalue weighted by Gasteiger charge is 2.20. The van der Waals surface area contributed by atoms with Gasteiger partial charge in [-0.25, -0.2) is 9.38 Å². The van der Waals surface area contributed by atoms with E-state index in [9.17, 15) is 9.18 Å². The summed E-state index contributed by atoms with van der Waals surface area (Å²) in [5, 5.41) is 5.52. The molecular weight excluding hydrogens is 401 g/mol. The lowest BCUT2D eigenvalue weighted by Crippen LogP contribution is -2.52. The number of piperazine rings is 1. The van der Waals surface area contributed by atoms with Gasteiger partial charge in [0.1, 0.15) is 12.4 Å². The van der Waals surface area contributed by atoms with Gasteiger partial charge in [-0.1, -0.05) is 18.2 Å². The van der Waals surface area contributed by atoms with E-state index in [1.807, 2.05) is 6.07 Å². The van der Waals surface area contributed by atoms with Crippen LogP contribution in [0.15, 0.2) is 46.8 Å². The summed E-state index contributed by atoms with van der Waals surface area (Å²) in [7, 11) is 3.49. The smallest absolute Gasteiger partial charge is 0.243 e. The number of carbonyl (C=O) groups excluding carboxylic acids is 1. The quantitative estimate of drug-likeness (QED) is 0.540. The molecule has 0 radical (unpaired) electrons. The van der Waals surface area contributed by atoms with E-state index in [0.717, 1.165) is 57.2 Å². The molecule has 0 atom stereocenters. The molecule has 1 aliphatic rings. The van der Waals surface area contributed by atoms with Gasteiger partial charge in [0.2, 0.25) is 5.91 Å². The van der Waals surface area contributed by atoms with Crippen molar-refractivity contribution in [3.8, 4) is 0 Å². The van der Waals surface area contributed by atoms with Gasteiger partial charge in [0.15, 0.2) is 5.96 Å². The number of rotatable bonds is 7. The molecular formula is C22H30FN5OS. The van der Waals surface area contributed by atoms with Crippen molar-refractivity contribution in [1.29, 1.82) is 0 Å². The molecule has 0 bridgehead atoms. The number of likely N-dealkylation sites (N-methyl/N-ethyl adjacent to an activating group) is 1. The van der Waals surface area contributed by atoms with E-state index in [2.05, 4.69) is 37.6 Å². The van der Waals surface area contributed by atoms with Crippen molar-refractivity contribution in [3.63, 3.8) is 0 Å². The zero-order chi connectivity index (χ0) is 21.3. The summed E-state index contributed by atoms with van der Waals surface area (Å²) in [6.45, 7) is 5.01. The number of nitrogens with one attached hydrogen (secondary N) is 1. The first-order chi connectivity index (χ1) is 14.5. The minimum Gasteiger partial charge on any atom is -0.356 e. The molecule has 2 aromatic rings. The van der Waals surface area contributed by atoms with E-state index < -0.39 is 0 Å². The first-order valence-corrected chi connectivity index (χ1v) is 11.1. The highest BCUT2D eigenvalue weighted by Crippen LogP contribution is 2.11. The summed E-state index contributed by atoms with van der Waals surface area (Å²) < 4.78 is 13.4. The maximum atomic E-state index is 13.4. The molecule has 3 rings (SSSR count). The van der Waals surface area contributed by atoms with Crippen molar-refractivity contribution >= 4 is 23.2 Å². The van der Waals surface area contributed by atoms with Gasteiger partial charge in [0.25, 0.3) is 0 Å². The third-order valence-electron chi connectivity index (χ3n) is 5.06. The van der Waals surface area contributed by atoms with Gasteiger partial charge in [-0.3, -0.25) is 9.69 Å². The lowest BCUT2D eigenvalue weighted by Gasteiger charge is -2.36. The normalized spacial score (nSPS) is 15.3. The highest BCUT2D eigenvalue weighted by molar-refractivity contribution is 7.09. The van der Waals surface area contributed by atoms with Crippen LogP contribution in [0.1, 0.15) is 10.4 Å². The van der Waals surface area contributed by atoms with Crippen LogP contribution in [0.2, 0.25) is 0 Å². The van der Waals surface area contributed by atoms with Crippen molar-refractivity contribution in [2.75, 3.05) is 53.4 Å². The Labute approximate surface area is 182 Å². The Hall–Kier alpha value is -2.45. The van der Waals surface area contributed by atoms with E-state index in [-0.39, 0.29) is 18.3 Å². The van der Waals surface area contributed by atoms with Gasteiger partial charge in [0.05, 0.1) is 0 Å². The van der Waals surface area contributed by atoms with Gasteiger partial charge in [-0.05, 0) is 35.6 Å². The second-order valence-corrected chi connectivity index (χ2v) is 8.61. The molecule has 0 aliphatic carbocycles. The van der Waals surface area contributed by atoms with Crippen molar-refractivity contribution in [1.82, 2.24) is 20.0 Å². The fourth-order valence-electron chi connectivity index (χ4n) is 3.32. The molecule has 162 valence electrons. The van der Waals surface area contributed by atoms with Gasteiger partial charge in [-0.15, -0.1) is 11.3 Å². The second-order valence-electron chi connectivity index (χ2n) is 7.58. The summed E-state index contributed by atoms with van der Waals surface area (Å²) in [6.07, 6.45) is 0.928. The predicted octanol–water partition coefficient (Wildman–Crippen LogP) is 2.28. The van der Waals surface area contributed by atoms with Crippen molar-refractivity contribution in [2.24, 2.45) is 4.99 Å². The van der Waals surface area contributed by atoms with E-state index >= 15 is 0 Å². The lowest BCUT2D eigenvalue weighted by molar-refractivity contribution is -0.127. The molecule has 0 spiro atoms. The number of carbonyl (C=O) groups is 1. The van der Waals surface area contributed by atoms with E-state index in [0.29, 0.717) is 0 Å². The van der Waals surface area contributed by atoms with Crippen LogP contribution in [0, 0.1) is 5.82 Å². The molecule has 0 saturated carbocycles. The molecule has 1 aromatic carbocycles. The maximum Gasteiger partial charge on any atom is 0.243 e. The summed E-state index contributed by atoms with van der Waals surface area (Å²) in [4.78, 5) is 24.0. The Kier molecular flexibility index (Phi) is 8.21. The maximum absolute atomic E-state index is 13.4. The largest absolute Gasteiger partial charge is 0.356 e. The molecule has 1 fully saturated rings. The van der Waals surface area contributed by atoms with Crippen LogP contribution in [0.5, 0.6) is 0 Å². The second kappa shape index (κ2) is 11.1. The van der Waals surface area contributed by atoms with Crippen LogP contribution in [0.3, 0.4) is 0 Å². The zero-order valence-corrected chi connectivity index (χ0v) is 18.5. The average molecular weight is 432 g/mol.